The number of hydrogen-bond acceptors (Lipinski definition) is 1. The Kier molecular flexibility index (Phi) is 7.18. The van der Waals surface area contributed by atoms with E-state index in [1.54, 1.807) is 0 Å². The lowest BCUT2D eigenvalue weighted by Crippen LogP contribution is -2.14. The summed E-state index contributed by atoms with van der Waals surface area (Å²) in [5.41, 5.74) is 11.6. The van der Waals surface area contributed by atoms with E-state index in [0.29, 0.717) is 0 Å². The maximum Gasteiger partial charge on any atom is 0.0708 e. The van der Waals surface area contributed by atoms with E-state index in [9.17, 15) is 0 Å². The molecule has 0 unspecified atom stereocenters. The Morgan fingerprint density at radius 1 is 0.327 bits per heavy atom. The highest BCUT2D eigenvalue weighted by molar-refractivity contribution is 6.12. The standard InChI is InChI=1S/C50H34N2/c1-3-16-35(17-4-1)37-30-32-49(52-46-28-13-11-25-44(46)45-26-12-14-29-47(45)52)50(34-37)51(38-20-5-2-6-21-38)48-33-31-42(41-23-9-10-24-43(41)48)40-27-15-19-36-18-7-8-22-39(36)40/h1-34H. The molecule has 0 spiro atoms. The predicted octanol–water partition coefficient (Wildman–Crippen LogP) is 13.9. The SMILES string of the molecule is c1ccc(-c2ccc(-n3c4ccccc4c4ccccc43)c(N(c3ccccc3)c3ccc(-c4cccc5ccccc45)c4ccccc34)c2)cc1. The van der Waals surface area contributed by atoms with E-state index >= 15 is 0 Å². The summed E-state index contributed by atoms with van der Waals surface area (Å²) in [6.07, 6.45) is 0. The summed E-state index contributed by atoms with van der Waals surface area (Å²) in [7, 11) is 0. The lowest BCUT2D eigenvalue weighted by atomic mass is 9.92. The van der Waals surface area contributed by atoms with Crippen LogP contribution >= 0.6 is 0 Å². The molecule has 0 aliphatic rings. The zero-order valence-corrected chi connectivity index (χ0v) is 28.5. The van der Waals surface area contributed by atoms with Gasteiger partial charge in [0.2, 0.25) is 0 Å². The number of nitrogens with zero attached hydrogens (tertiary/aromatic N) is 2. The van der Waals surface area contributed by atoms with Crippen LogP contribution in [0, 0.1) is 0 Å². The number of aromatic nitrogens is 1. The molecule has 244 valence electrons. The second kappa shape index (κ2) is 12.5. The van der Waals surface area contributed by atoms with E-state index in [0.717, 1.165) is 28.3 Å². The highest BCUT2D eigenvalue weighted by Crippen LogP contribution is 2.47. The van der Waals surface area contributed by atoms with E-state index in [1.165, 1.54) is 60.0 Å². The van der Waals surface area contributed by atoms with Crippen LogP contribution in [0.1, 0.15) is 0 Å². The largest absolute Gasteiger partial charge is 0.308 e. The molecule has 1 heterocycles. The first-order valence-electron chi connectivity index (χ1n) is 17.9. The summed E-state index contributed by atoms with van der Waals surface area (Å²) in [6, 6.07) is 74.8. The maximum absolute atomic E-state index is 2.46. The molecule has 0 radical (unpaired) electrons. The van der Waals surface area contributed by atoms with Crippen molar-refractivity contribution in [3.05, 3.63) is 206 Å². The molecule has 0 aliphatic carbocycles. The molecule has 9 aromatic carbocycles. The van der Waals surface area contributed by atoms with Crippen LogP contribution < -0.4 is 4.90 Å². The van der Waals surface area contributed by atoms with Crippen LogP contribution in [0.25, 0.3) is 71.3 Å². The molecule has 0 atom stereocenters. The van der Waals surface area contributed by atoms with Crippen LogP contribution in [0.3, 0.4) is 0 Å². The number of para-hydroxylation sites is 3. The maximum atomic E-state index is 2.46. The first-order valence-corrected chi connectivity index (χ1v) is 17.9. The summed E-state index contributed by atoms with van der Waals surface area (Å²) >= 11 is 0. The predicted molar refractivity (Wildman–Crippen MR) is 221 cm³/mol. The molecule has 2 heteroatoms. The number of anilines is 3. The van der Waals surface area contributed by atoms with E-state index in [4.69, 9.17) is 0 Å². The van der Waals surface area contributed by atoms with Gasteiger partial charge < -0.3 is 9.47 Å². The molecule has 0 fully saturated rings. The van der Waals surface area contributed by atoms with Gasteiger partial charge in [0.1, 0.15) is 0 Å². The molecule has 0 bridgehead atoms. The van der Waals surface area contributed by atoms with Gasteiger partial charge in [-0.05, 0) is 80.9 Å². The normalized spacial score (nSPS) is 11.5. The van der Waals surface area contributed by atoms with Gasteiger partial charge in [-0.15, -0.1) is 0 Å². The van der Waals surface area contributed by atoms with Crippen LogP contribution in [0.2, 0.25) is 0 Å². The fourth-order valence-electron chi connectivity index (χ4n) is 8.04. The third kappa shape index (κ3) is 4.88. The van der Waals surface area contributed by atoms with Gasteiger partial charge >= 0.3 is 0 Å². The lowest BCUT2D eigenvalue weighted by Gasteiger charge is -2.30. The molecule has 10 aromatic rings. The Hall–Kier alpha value is -6.90. The van der Waals surface area contributed by atoms with Gasteiger partial charge in [-0.2, -0.15) is 0 Å². The molecular formula is C50H34N2. The van der Waals surface area contributed by atoms with Crippen molar-refractivity contribution in [3.8, 4) is 27.9 Å². The molecule has 1 aromatic heterocycles. The van der Waals surface area contributed by atoms with Crippen molar-refractivity contribution < 1.29 is 0 Å². The van der Waals surface area contributed by atoms with Crippen molar-refractivity contribution in [2.45, 2.75) is 0 Å². The Labute approximate surface area is 303 Å². The van der Waals surface area contributed by atoms with Gasteiger partial charge in [0, 0.05) is 21.8 Å². The van der Waals surface area contributed by atoms with Crippen molar-refractivity contribution >= 4 is 60.4 Å². The smallest absolute Gasteiger partial charge is 0.0708 e. The first kappa shape index (κ1) is 30.0. The van der Waals surface area contributed by atoms with E-state index < -0.39 is 0 Å². The van der Waals surface area contributed by atoms with Gasteiger partial charge in [0.05, 0.1) is 28.1 Å². The summed E-state index contributed by atoms with van der Waals surface area (Å²) in [5, 5.41) is 7.39. The van der Waals surface area contributed by atoms with Crippen molar-refractivity contribution in [2.24, 2.45) is 0 Å². The average molecular weight is 663 g/mol. The fraction of sp³-hybridized carbons (Fsp3) is 0. The molecular weight excluding hydrogens is 629 g/mol. The van der Waals surface area contributed by atoms with Gasteiger partial charge in [0.25, 0.3) is 0 Å². The second-order valence-corrected chi connectivity index (χ2v) is 13.3. The minimum absolute atomic E-state index is 1.10. The van der Waals surface area contributed by atoms with E-state index in [1.807, 2.05) is 0 Å². The quantitative estimate of drug-likeness (QED) is 0.172. The number of hydrogen-bond donors (Lipinski definition) is 0. The second-order valence-electron chi connectivity index (χ2n) is 13.3. The first-order chi connectivity index (χ1) is 25.8. The third-order valence-corrected chi connectivity index (χ3v) is 10.4. The fourth-order valence-corrected chi connectivity index (χ4v) is 8.04. The molecule has 10 rings (SSSR count). The lowest BCUT2D eigenvalue weighted by molar-refractivity contribution is 1.15. The van der Waals surface area contributed by atoms with Crippen molar-refractivity contribution in [3.63, 3.8) is 0 Å². The summed E-state index contributed by atoms with van der Waals surface area (Å²) < 4.78 is 2.44. The molecule has 0 saturated heterocycles. The molecule has 2 nitrogen and oxygen atoms in total. The minimum atomic E-state index is 1.10. The average Bonchev–Trinajstić information content (AvgIpc) is 3.56. The van der Waals surface area contributed by atoms with Crippen LogP contribution in [-0.4, -0.2) is 4.57 Å². The van der Waals surface area contributed by atoms with Crippen molar-refractivity contribution in [1.82, 2.24) is 4.57 Å². The third-order valence-electron chi connectivity index (χ3n) is 10.4. The molecule has 52 heavy (non-hydrogen) atoms. The topological polar surface area (TPSA) is 8.17 Å². The molecule has 0 aliphatic heterocycles. The number of benzene rings is 9. The Morgan fingerprint density at radius 3 is 1.62 bits per heavy atom. The number of fused-ring (bicyclic) bond motifs is 5. The van der Waals surface area contributed by atoms with E-state index in [2.05, 4.69) is 216 Å². The summed E-state index contributed by atoms with van der Waals surface area (Å²) in [6.45, 7) is 0. The Balaban J connectivity index is 1.30. The van der Waals surface area contributed by atoms with Gasteiger partial charge in [0.15, 0.2) is 0 Å². The van der Waals surface area contributed by atoms with Gasteiger partial charge in [-0.3, -0.25) is 0 Å². The van der Waals surface area contributed by atoms with Gasteiger partial charge in [-0.25, -0.2) is 0 Å². The molecule has 0 N–H and O–H groups in total. The minimum Gasteiger partial charge on any atom is -0.308 e. The zero-order valence-electron chi connectivity index (χ0n) is 28.5. The van der Waals surface area contributed by atoms with Crippen LogP contribution in [0.4, 0.5) is 17.1 Å². The summed E-state index contributed by atoms with van der Waals surface area (Å²) in [5.74, 6) is 0. The van der Waals surface area contributed by atoms with Crippen molar-refractivity contribution in [1.29, 1.82) is 0 Å². The van der Waals surface area contributed by atoms with E-state index in [-0.39, 0.29) is 0 Å². The number of rotatable bonds is 6. The zero-order chi connectivity index (χ0) is 34.4. The van der Waals surface area contributed by atoms with Gasteiger partial charge in [-0.1, -0.05) is 164 Å². The highest BCUT2D eigenvalue weighted by Gasteiger charge is 2.23. The monoisotopic (exact) mass is 662 g/mol. The molecule has 0 saturated carbocycles. The van der Waals surface area contributed by atoms with Crippen LogP contribution in [0.15, 0.2) is 206 Å². The molecule has 0 amide bonds. The highest BCUT2D eigenvalue weighted by atomic mass is 15.2. The Morgan fingerprint density at radius 2 is 0.885 bits per heavy atom. The van der Waals surface area contributed by atoms with Crippen LogP contribution in [0.5, 0.6) is 0 Å². The van der Waals surface area contributed by atoms with Crippen LogP contribution in [-0.2, 0) is 0 Å². The van der Waals surface area contributed by atoms with Crippen molar-refractivity contribution in [2.75, 3.05) is 4.90 Å². The summed E-state index contributed by atoms with van der Waals surface area (Å²) in [4.78, 5) is 2.46. The Bertz CT molecular complexity index is 2840.